The van der Waals surface area contributed by atoms with E-state index in [9.17, 15) is 13.2 Å². The predicted molar refractivity (Wildman–Crippen MR) is 92.4 cm³/mol. The Kier molecular flexibility index (Phi) is 5.47. The number of nitrogens with one attached hydrogen (secondary N) is 1. The van der Waals surface area contributed by atoms with Crippen LogP contribution in [0.1, 0.15) is 17.0 Å². The van der Waals surface area contributed by atoms with Crippen molar-refractivity contribution in [2.24, 2.45) is 0 Å². The lowest BCUT2D eigenvalue weighted by atomic mass is 10.2. The minimum absolute atomic E-state index is 0. The molecule has 0 unspecified atom stereocenters. The predicted octanol–water partition coefficient (Wildman–Crippen LogP) is 4.88. The van der Waals surface area contributed by atoms with Crippen LogP contribution in [-0.4, -0.2) is 15.7 Å². The number of hydrogen-bond acceptors (Lipinski definition) is 3. The van der Waals surface area contributed by atoms with E-state index in [2.05, 4.69) is 15.0 Å². The Labute approximate surface area is 149 Å². The molecule has 2 heterocycles. The molecule has 0 fully saturated rings. The molecule has 2 aromatic heterocycles. The van der Waals surface area contributed by atoms with Crippen LogP contribution in [0.5, 0.6) is 5.75 Å². The lowest BCUT2D eigenvalue weighted by molar-refractivity contribution is -0.274. The number of aryl methyl sites for hydroxylation is 2. The Hall–Kier alpha value is -2.41. The summed E-state index contributed by atoms with van der Waals surface area (Å²) < 4.78 is 43.5. The van der Waals surface area contributed by atoms with Gasteiger partial charge in [0.05, 0.1) is 11.4 Å². The van der Waals surface area contributed by atoms with Crippen molar-refractivity contribution in [1.29, 1.82) is 0 Å². The van der Waals surface area contributed by atoms with E-state index in [1.807, 2.05) is 36.6 Å². The summed E-state index contributed by atoms with van der Waals surface area (Å²) >= 11 is 0. The molecule has 3 aromatic rings. The zero-order valence-corrected chi connectivity index (χ0v) is 14.4. The minimum Gasteiger partial charge on any atom is -0.405 e. The van der Waals surface area contributed by atoms with Gasteiger partial charge in [-0.3, -0.25) is 0 Å². The van der Waals surface area contributed by atoms with Gasteiger partial charge in [-0.05, 0) is 32.0 Å². The number of hydrogen-bond donors (Lipinski definition) is 1. The number of aromatic nitrogens is 2. The summed E-state index contributed by atoms with van der Waals surface area (Å²) in [6, 6.07) is 9.78. The third-order valence-electron chi connectivity index (χ3n) is 3.79. The first-order valence-corrected chi connectivity index (χ1v) is 7.37. The Morgan fingerprint density at radius 1 is 1.12 bits per heavy atom. The number of ether oxygens (including phenoxy) is 1. The molecule has 3 rings (SSSR count). The fraction of sp³-hybridized carbons (Fsp3) is 0.235. The van der Waals surface area contributed by atoms with Crippen LogP contribution < -0.4 is 10.1 Å². The molecule has 8 heteroatoms. The molecule has 0 spiro atoms. The number of rotatable bonds is 4. The number of para-hydroxylation sites is 1. The molecule has 1 N–H and O–H groups in total. The fourth-order valence-electron chi connectivity index (χ4n) is 2.50. The lowest BCUT2D eigenvalue weighted by Gasteiger charge is -2.14. The van der Waals surface area contributed by atoms with Crippen molar-refractivity contribution in [1.82, 2.24) is 9.38 Å². The quantitative estimate of drug-likeness (QED) is 0.710. The van der Waals surface area contributed by atoms with Crippen LogP contribution in [-0.2, 0) is 6.54 Å². The van der Waals surface area contributed by atoms with Crippen LogP contribution in [0.3, 0.4) is 0 Å². The fourth-order valence-corrected chi connectivity index (χ4v) is 2.50. The van der Waals surface area contributed by atoms with Crippen LogP contribution in [0.25, 0.3) is 5.65 Å². The maximum Gasteiger partial charge on any atom is 0.573 e. The van der Waals surface area contributed by atoms with Gasteiger partial charge < -0.3 is 14.5 Å². The van der Waals surface area contributed by atoms with Crippen molar-refractivity contribution < 1.29 is 17.9 Å². The molecule has 0 aliphatic rings. The number of benzene rings is 1. The SMILES string of the molecule is Cc1nc2c(NCc3ccccc3OC(F)(F)F)cccn2c1C.Cl. The smallest absolute Gasteiger partial charge is 0.405 e. The van der Waals surface area contributed by atoms with E-state index in [1.54, 1.807) is 12.1 Å². The van der Waals surface area contributed by atoms with E-state index in [0.717, 1.165) is 22.7 Å². The zero-order chi connectivity index (χ0) is 17.3. The number of nitrogens with zero attached hydrogens (tertiary/aromatic N) is 2. The summed E-state index contributed by atoms with van der Waals surface area (Å²) in [5.41, 5.74) is 3.83. The van der Waals surface area contributed by atoms with Crippen molar-refractivity contribution in [2.45, 2.75) is 26.8 Å². The Morgan fingerprint density at radius 3 is 2.56 bits per heavy atom. The van der Waals surface area contributed by atoms with Crippen molar-refractivity contribution in [3.05, 3.63) is 59.5 Å². The van der Waals surface area contributed by atoms with Crippen LogP contribution >= 0.6 is 12.4 Å². The van der Waals surface area contributed by atoms with E-state index >= 15 is 0 Å². The Balaban J connectivity index is 0.00000225. The van der Waals surface area contributed by atoms with Gasteiger partial charge in [0.25, 0.3) is 0 Å². The summed E-state index contributed by atoms with van der Waals surface area (Å²) in [5.74, 6) is -0.208. The van der Waals surface area contributed by atoms with Gasteiger partial charge in [-0.1, -0.05) is 18.2 Å². The number of pyridine rings is 1. The monoisotopic (exact) mass is 371 g/mol. The van der Waals surface area contributed by atoms with Gasteiger partial charge in [-0.25, -0.2) is 4.98 Å². The topological polar surface area (TPSA) is 38.6 Å². The van der Waals surface area contributed by atoms with Gasteiger partial charge in [-0.2, -0.15) is 0 Å². The second-order valence-electron chi connectivity index (χ2n) is 5.41. The first-order valence-electron chi connectivity index (χ1n) is 7.37. The highest BCUT2D eigenvalue weighted by atomic mass is 35.5. The molecule has 1 aromatic carbocycles. The number of imidazole rings is 1. The maximum atomic E-state index is 12.5. The molecule has 4 nitrogen and oxygen atoms in total. The standard InChI is InChI=1S/C17H16F3N3O.ClH/c1-11-12(2)23-9-5-7-14(16(23)22-11)21-10-13-6-3-4-8-15(13)24-17(18,19)20;/h3-9,21H,10H2,1-2H3;1H. The molecular weight excluding hydrogens is 355 g/mol. The van der Waals surface area contributed by atoms with Crippen LogP contribution in [0.2, 0.25) is 0 Å². The molecule has 25 heavy (non-hydrogen) atoms. The molecule has 134 valence electrons. The first kappa shape index (κ1) is 18.9. The van der Waals surface area contributed by atoms with Gasteiger partial charge >= 0.3 is 6.36 Å². The molecule has 0 saturated heterocycles. The van der Waals surface area contributed by atoms with E-state index in [1.165, 1.54) is 12.1 Å². The Bertz CT molecular complexity index is 877. The van der Waals surface area contributed by atoms with Gasteiger partial charge in [-0.15, -0.1) is 25.6 Å². The summed E-state index contributed by atoms with van der Waals surface area (Å²) in [7, 11) is 0. The van der Waals surface area contributed by atoms with Crippen molar-refractivity contribution in [3.8, 4) is 5.75 Å². The average Bonchev–Trinajstić information content (AvgIpc) is 2.81. The molecule has 0 amide bonds. The van der Waals surface area contributed by atoms with E-state index in [0.29, 0.717) is 5.56 Å². The van der Waals surface area contributed by atoms with Gasteiger partial charge in [0, 0.05) is 24.0 Å². The Morgan fingerprint density at radius 2 is 1.84 bits per heavy atom. The third-order valence-corrected chi connectivity index (χ3v) is 3.79. The number of fused-ring (bicyclic) bond motifs is 1. The normalized spacial score (nSPS) is 11.2. The molecule has 0 aliphatic heterocycles. The molecule has 0 saturated carbocycles. The third kappa shape index (κ3) is 4.17. The minimum atomic E-state index is -4.71. The molecule has 0 radical (unpaired) electrons. The second-order valence-corrected chi connectivity index (χ2v) is 5.41. The van der Waals surface area contributed by atoms with E-state index in [-0.39, 0.29) is 24.7 Å². The first-order chi connectivity index (χ1) is 11.3. The van der Waals surface area contributed by atoms with E-state index < -0.39 is 6.36 Å². The summed E-state index contributed by atoms with van der Waals surface area (Å²) in [5, 5.41) is 3.14. The van der Waals surface area contributed by atoms with Crippen molar-refractivity contribution in [3.63, 3.8) is 0 Å². The second kappa shape index (κ2) is 7.23. The van der Waals surface area contributed by atoms with Crippen molar-refractivity contribution >= 4 is 23.7 Å². The average molecular weight is 372 g/mol. The number of alkyl halides is 3. The molecule has 0 bridgehead atoms. The van der Waals surface area contributed by atoms with Gasteiger partial charge in [0.2, 0.25) is 0 Å². The molecule has 0 aliphatic carbocycles. The lowest BCUT2D eigenvalue weighted by Crippen LogP contribution is -2.18. The largest absolute Gasteiger partial charge is 0.573 e. The van der Waals surface area contributed by atoms with Crippen LogP contribution in [0.4, 0.5) is 18.9 Å². The van der Waals surface area contributed by atoms with Crippen molar-refractivity contribution in [2.75, 3.05) is 5.32 Å². The zero-order valence-electron chi connectivity index (χ0n) is 13.6. The summed E-state index contributed by atoms with van der Waals surface area (Å²) in [6.45, 7) is 4.07. The molecular formula is C17H17ClF3N3O. The maximum absolute atomic E-state index is 12.5. The number of anilines is 1. The highest BCUT2D eigenvalue weighted by Gasteiger charge is 2.31. The highest BCUT2D eigenvalue weighted by molar-refractivity contribution is 5.85. The summed E-state index contributed by atoms with van der Waals surface area (Å²) in [6.07, 6.45) is -2.82. The van der Waals surface area contributed by atoms with Crippen LogP contribution in [0, 0.1) is 13.8 Å². The summed E-state index contributed by atoms with van der Waals surface area (Å²) in [4.78, 5) is 4.50. The molecule has 0 atom stereocenters. The van der Waals surface area contributed by atoms with Crippen LogP contribution in [0.15, 0.2) is 42.6 Å². The number of halogens is 4. The highest BCUT2D eigenvalue weighted by Crippen LogP contribution is 2.27. The van der Waals surface area contributed by atoms with E-state index in [4.69, 9.17) is 0 Å². The van der Waals surface area contributed by atoms with Gasteiger partial charge in [0.15, 0.2) is 5.65 Å². The van der Waals surface area contributed by atoms with Gasteiger partial charge in [0.1, 0.15) is 5.75 Å².